The maximum Gasteiger partial charge on any atom is 0.122 e. The van der Waals surface area contributed by atoms with Crippen molar-refractivity contribution in [3.05, 3.63) is 65.3 Å². The van der Waals surface area contributed by atoms with Gasteiger partial charge >= 0.3 is 0 Å². The van der Waals surface area contributed by atoms with Crippen LogP contribution in [0.1, 0.15) is 69.6 Å². The molecule has 1 unspecified atom stereocenters. The fraction of sp³-hybridized carbons (Fsp3) is 0.538. The number of aliphatic hydroxyl groups excluding tert-OH is 1. The van der Waals surface area contributed by atoms with Gasteiger partial charge in [-0.3, -0.25) is 0 Å². The van der Waals surface area contributed by atoms with E-state index >= 15 is 0 Å². The topological polar surface area (TPSA) is 29.5 Å². The Balaban J connectivity index is 1.65. The number of aliphatic hydroxyl groups is 1. The average molecular weight is 379 g/mol. The van der Waals surface area contributed by atoms with Crippen molar-refractivity contribution in [3.63, 3.8) is 0 Å². The maximum atomic E-state index is 10.8. The van der Waals surface area contributed by atoms with E-state index in [1.165, 1.54) is 44.1 Å². The molecule has 2 heteroatoms. The highest BCUT2D eigenvalue weighted by Crippen LogP contribution is 2.62. The number of allylic oxidation sites excluding steroid dienone is 5. The predicted octanol–water partition coefficient (Wildman–Crippen LogP) is 6.28. The van der Waals surface area contributed by atoms with E-state index < -0.39 is 6.10 Å². The molecule has 28 heavy (non-hydrogen) atoms. The molecule has 4 aliphatic carbocycles. The molecule has 0 aliphatic heterocycles. The molecule has 0 spiro atoms. The van der Waals surface area contributed by atoms with Crippen LogP contribution in [0.5, 0.6) is 5.75 Å². The minimum absolute atomic E-state index is 0.264. The van der Waals surface area contributed by atoms with Crippen molar-refractivity contribution in [2.24, 2.45) is 17.8 Å². The van der Waals surface area contributed by atoms with Crippen molar-refractivity contribution in [3.8, 4) is 5.75 Å². The van der Waals surface area contributed by atoms with Crippen LogP contribution in [0.4, 0.5) is 0 Å². The van der Waals surface area contributed by atoms with E-state index in [4.69, 9.17) is 4.74 Å². The largest absolute Gasteiger partial charge is 0.496 e. The molecule has 150 valence electrons. The van der Waals surface area contributed by atoms with Gasteiger partial charge in [0, 0.05) is 5.56 Å². The number of ether oxygens (including phenoxy) is 1. The van der Waals surface area contributed by atoms with Crippen LogP contribution in [-0.2, 0) is 5.41 Å². The lowest BCUT2D eigenvalue weighted by molar-refractivity contribution is -0.00623. The zero-order valence-electron chi connectivity index (χ0n) is 17.5. The van der Waals surface area contributed by atoms with Crippen LogP contribution in [-0.4, -0.2) is 12.2 Å². The molecule has 0 amide bonds. The Morgan fingerprint density at radius 2 is 1.75 bits per heavy atom. The van der Waals surface area contributed by atoms with E-state index in [0.717, 1.165) is 34.6 Å². The van der Waals surface area contributed by atoms with E-state index in [1.54, 1.807) is 7.11 Å². The third kappa shape index (κ3) is 3.72. The van der Waals surface area contributed by atoms with Crippen LogP contribution >= 0.6 is 0 Å². The number of hydrogen-bond donors (Lipinski definition) is 1. The molecule has 0 saturated heterocycles. The number of hydrogen-bond acceptors (Lipinski definition) is 2. The van der Waals surface area contributed by atoms with E-state index in [9.17, 15) is 5.11 Å². The summed E-state index contributed by atoms with van der Waals surface area (Å²) in [7, 11) is 1.78. The number of benzene rings is 1. The second-order valence-electron chi connectivity index (χ2n) is 9.40. The second-order valence-corrected chi connectivity index (χ2v) is 9.40. The van der Waals surface area contributed by atoms with Gasteiger partial charge in [-0.2, -0.15) is 0 Å². The number of methoxy groups -OCH3 is 1. The lowest BCUT2D eigenvalue weighted by Gasteiger charge is -2.57. The summed E-state index contributed by atoms with van der Waals surface area (Å²) in [5.41, 5.74) is 3.66. The molecule has 0 aromatic heterocycles. The second kappa shape index (κ2) is 7.91. The Morgan fingerprint density at radius 3 is 2.32 bits per heavy atom. The fourth-order valence-corrected chi connectivity index (χ4v) is 6.48. The van der Waals surface area contributed by atoms with E-state index in [1.807, 2.05) is 50.3 Å². The Hall–Kier alpha value is -1.80. The molecule has 2 nitrogen and oxygen atoms in total. The van der Waals surface area contributed by atoms with Crippen LogP contribution < -0.4 is 4.74 Å². The zero-order valence-corrected chi connectivity index (χ0v) is 17.5. The molecule has 4 fully saturated rings. The van der Waals surface area contributed by atoms with Gasteiger partial charge in [0.25, 0.3) is 0 Å². The van der Waals surface area contributed by atoms with Gasteiger partial charge < -0.3 is 9.84 Å². The third-order valence-electron chi connectivity index (χ3n) is 7.26. The van der Waals surface area contributed by atoms with Gasteiger partial charge in [-0.05, 0) is 99.3 Å². The van der Waals surface area contributed by atoms with Gasteiger partial charge in [-0.1, -0.05) is 35.9 Å². The third-order valence-corrected chi connectivity index (χ3v) is 7.26. The van der Waals surface area contributed by atoms with E-state index in [-0.39, 0.29) is 5.41 Å². The van der Waals surface area contributed by atoms with Crippen molar-refractivity contribution < 1.29 is 9.84 Å². The van der Waals surface area contributed by atoms with Crippen LogP contribution in [0.25, 0.3) is 0 Å². The highest BCUT2D eigenvalue weighted by molar-refractivity contribution is 5.45. The first kappa shape index (κ1) is 19.5. The molecule has 0 heterocycles. The predicted molar refractivity (Wildman–Crippen MR) is 116 cm³/mol. The molecular formula is C26H34O2. The molecule has 1 N–H and O–H groups in total. The van der Waals surface area contributed by atoms with Gasteiger partial charge in [0.15, 0.2) is 0 Å². The standard InChI is InChI=1S/C26H34O2/c1-4-5-6-7-18(2)10-24(27)22-8-9-25(28-3)23(14-22)26-15-19-11-20(16-26)13-21(12-19)17-26/h4-10,14,19-21,24,27H,11-13,15-17H2,1-3H3. The summed E-state index contributed by atoms with van der Waals surface area (Å²) < 4.78 is 5.80. The van der Waals surface area contributed by atoms with Crippen LogP contribution in [0.2, 0.25) is 0 Å². The van der Waals surface area contributed by atoms with Gasteiger partial charge in [0.2, 0.25) is 0 Å². The summed E-state index contributed by atoms with van der Waals surface area (Å²) in [6, 6.07) is 6.34. The van der Waals surface area contributed by atoms with Crippen molar-refractivity contribution in [1.82, 2.24) is 0 Å². The van der Waals surface area contributed by atoms with Crippen molar-refractivity contribution in [2.75, 3.05) is 7.11 Å². The van der Waals surface area contributed by atoms with Gasteiger partial charge in [-0.25, -0.2) is 0 Å². The highest BCUT2D eigenvalue weighted by atomic mass is 16.5. The summed E-state index contributed by atoms with van der Waals surface area (Å²) in [4.78, 5) is 0. The van der Waals surface area contributed by atoms with E-state index in [2.05, 4.69) is 12.1 Å². The van der Waals surface area contributed by atoms with Crippen LogP contribution in [0.3, 0.4) is 0 Å². The lowest BCUT2D eigenvalue weighted by Crippen LogP contribution is -2.48. The Kier molecular flexibility index (Phi) is 5.51. The molecule has 1 aromatic rings. The normalized spacial score (nSPS) is 33.1. The summed E-state index contributed by atoms with van der Waals surface area (Å²) in [6.45, 7) is 4.04. The zero-order chi connectivity index (χ0) is 19.7. The quantitative estimate of drug-likeness (QED) is 0.591. The lowest BCUT2D eigenvalue weighted by atomic mass is 9.48. The Labute approximate surface area is 170 Å². The monoisotopic (exact) mass is 378 g/mol. The summed E-state index contributed by atoms with van der Waals surface area (Å²) in [5, 5.41) is 10.8. The molecule has 5 rings (SSSR count). The van der Waals surface area contributed by atoms with Crippen LogP contribution in [0, 0.1) is 17.8 Å². The summed E-state index contributed by atoms with van der Waals surface area (Å²) in [5.74, 6) is 3.68. The first-order chi connectivity index (χ1) is 13.5. The van der Waals surface area contributed by atoms with Crippen molar-refractivity contribution in [2.45, 2.75) is 63.9 Å². The van der Waals surface area contributed by atoms with Gasteiger partial charge in [0.1, 0.15) is 5.75 Å². The molecule has 4 bridgehead atoms. The van der Waals surface area contributed by atoms with Gasteiger partial charge in [0.05, 0.1) is 13.2 Å². The molecule has 0 radical (unpaired) electrons. The average Bonchev–Trinajstić information content (AvgIpc) is 2.66. The molecule has 1 aromatic carbocycles. The first-order valence-corrected chi connectivity index (χ1v) is 10.9. The van der Waals surface area contributed by atoms with Crippen LogP contribution in [0.15, 0.2) is 54.2 Å². The molecule has 4 saturated carbocycles. The van der Waals surface area contributed by atoms with Crippen molar-refractivity contribution in [1.29, 1.82) is 0 Å². The Bertz CT molecular complexity index is 763. The van der Waals surface area contributed by atoms with Crippen molar-refractivity contribution >= 4 is 0 Å². The fourth-order valence-electron chi connectivity index (χ4n) is 6.48. The molecule has 4 aliphatic rings. The smallest absolute Gasteiger partial charge is 0.122 e. The number of rotatable bonds is 6. The molecular weight excluding hydrogens is 344 g/mol. The van der Waals surface area contributed by atoms with Gasteiger partial charge in [-0.15, -0.1) is 0 Å². The molecule has 1 atom stereocenters. The first-order valence-electron chi connectivity index (χ1n) is 10.9. The summed E-state index contributed by atoms with van der Waals surface area (Å²) >= 11 is 0. The minimum Gasteiger partial charge on any atom is -0.496 e. The summed E-state index contributed by atoms with van der Waals surface area (Å²) in [6.07, 6.45) is 17.6. The maximum absolute atomic E-state index is 10.8. The minimum atomic E-state index is -0.589. The van der Waals surface area contributed by atoms with E-state index in [0.29, 0.717) is 0 Å². The Morgan fingerprint density at radius 1 is 1.11 bits per heavy atom. The highest BCUT2D eigenvalue weighted by Gasteiger charge is 2.52. The SMILES string of the molecule is CC=CC=CC(C)=CC(O)c1ccc(OC)c(C23CC4CC(CC(C4)C2)C3)c1.